The average Bonchev–Trinajstić information content (AvgIpc) is 0.731. The molecule has 1 aliphatic carbocycles. The maximum atomic E-state index is 13.3. The Bertz CT molecular complexity index is 3400. The molecule has 0 radical (unpaired) electrons. The molecule has 0 aromatic heterocycles. The number of nitrogen functional groups attached to an aromatic ring is 1. The molecular formula is C63H109N2NaO21S2Si8. The third-order valence-electron chi connectivity index (χ3n) is 13.5. The zero-order valence-corrected chi connectivity index (χ0v) is 72.9. The number of anilines is 3. The van der Waals surface area contributed by atoms with Crippen LogP contribution in [0.3, 0.4) is 0 Å². The quantitative estimate of drug-likeness (QED) is 0.00810. The molecule has 5 N–H and O–H groups in total. The first-order chi connectivity index (χ1) is 43.7. The summed E-state index contributed by atoms with van der Waals surface area (Å²) >= 11 is 0. The minimum atomic E-state index is -5.12. The first-order valence-electron chi connectivity index (χ1n) is 31.9. The summed E-state index contributed by atoms with van der Waals surface area (Å²) in [5.41, 5.74) is 5.32. The van der Waals surface area contributed by atoms with Crippen molar-refractivity contribution in [1.29, 1.82) is 0 Å². The van der Waals surface area contributed by atoms with Crippen LogP contribution in [0.1, 0.15) is 78.3 Å². The van der Waals surface area contributed by atoms with Crippen molar-refractivity contribution in [3.05, 3.63) is 113 Å². The van der Waals surface area contributed by atoms with Crippen molar-refractivity contribution in [3.63, 3.8) is 0 Å². The van der Waals surface area contributed by atoms with Crippen LogP contribution < -0.4 is 40.6 Å². The standard InChI is InChI=1S/C24H56O8Si5.C22H16N2O7S2.C17H38O6Si3.Na/c1-14-15-18-33(4,5)29-35(8,9)31-37(12,13)32-36(10,11)30-34(6,7)19-16-17-27-20-23(25)21-28-24(26)22(2)3;1-2-32(27,28)13-7-5-6-12(10-13)24-16-11-17(33(29,30)31)20(23)19-18(16)21(25)14-8-3-4-9-15(14)22(19)26;1-15(2)17(19)21-14-16(18)13-20-11-10-12-26(9,22-24(3,4)5)23-25(6,7)8;/h23,25H,2,14-21H2,1,3-13H3;2-11,24H,1,23H2,(H,29,30,31);16,18H,1,10-14H2,2-9H3;/q;;;+1/p-1. The summed E-state index contributed by atoms with van der Waals surface area (Å²) in [4.78, 5) is 48.1. The van der Waals surface area contributed by atoms with Crippen LogP contribution in [0.25, 0.3) is 0 Å². The topological polar surface area (TPSA) is 330 Å². The number of aliphatic hydroxyl groups excluding tert-OH is 2. The zero-order chi connectivity index (χ0) is 73.9. The first kappa shape index (κ1) is 92.0. The van der Waals surface area contributed by atoms with Gasteiger partial charge < -0.3 is 69.5 Å². The van der Waals surface area contributed by atoms with Gasteiger partial charge in [0.15, 0.2) is 54.7 Å². The number of nitrogens with one attached hydrogen (secondary N) is 1. The number of hydrogen-bond donors (Lipinski definition) is 4. The second-order valence-electron chi connectivity index (χ2n) is 28.3. The first-order valence-corrected chi connectivity index (χ1v) is 58.9. The fourth-order valence-electron chi connectivity index (χ4n) is 10.5. The molecule has 1 aliphatic rings. The van der Waals surface area contributed by atoms with Gasteiger partial charge in [-0.15, -0.1) is 0 Å². The summed E-state index contributed by atoms with van der Waals surface area (Å²) in [6.45, 7) is 53.6. The van der Waals surface area contributed by atoms with Gasteiger partial charge in [0.25, 0.3) is 0 Å². The Morgan fingerprint density at radius 3 is 1.41 bits per heavy atom. The third kappa shape index (κ3) is 34.2. The maximum absolute atomic E-state index is 13.3. The van der Waals surface area contributed by atoms with Crippen molar-refractivity contribution < 1.29 is 124 Å². The second kappa shape index (κ2) is 39.0. The van der Waals surface area contributed by atoms with Gasteiger partial charge in [-0.25, -0.2) is 26.4 Å². The fourth-order valence-corrected chi connectivity index (χ4v) is 49.2. The van der Waals surface area contributed by atoms with Gasteiger partial charge in [0.2, 0.25) is 0 Å². The van der Waals surface area contributed by atoms with Gasteiger partial charge in [-0.1, -0.05) is 69.8 Å². The predicted molar refractivity (Wildman–Crippen MR) is 395 cm³/mol. The molecule has 2 atom stereocenters. The SMILES string of the molecule is C=C(C)C(=O)OCC(O)COCCC[Si](C)(C)O[Si](C)(C)O[Si](C)(C)O[Si](C)(C)O[Si](C)(C)CCCC.C=C(C)C(=O)OCC(O)COCCC[Si](C)(O[Si](C)(C)C)O[Si](C)(C)C.C=CS(=O)(=O)c1cccc(Nc2cc(S(=O)(=O)[O-])c(N)c3c2C(=O)c2ccccc2C3=O)c1.[Na+]. The van der Waals surface area contributed by atoms with Crippen LogP contribution >= 0.6 is 0 Å². The van der Waals surface area contributed by atoms with Crippen LogP contribution in [0, 0.1) is 0 Å². The Morgan fingerprint density at radius 1 is 0.598 bits per heavy atom. The van der Waals surface area contributed by atoms with Crippen molar-refractivity contribution in [2.75, 3.05) is 50.7 Å². The van der Waals surface area contributed by atoms with E-state index in [1.54, 1.807) is 19.9 Å². The molecule has 23 nitrogen and oxygen atoms in total. The molecule has 34 heteroatoms. The number of aliphatic hydroxyl groups is 2. The Labute approximate surface area is 608 Å². The van der Waals surface area contributed by atoms with E-state index in [9.17, 15) is 50.8 Å². The molecule has 0 saturated carbocycles. The van der Waals surface area contributed by atoms with Crippen molar-refractivity contribution in [2.45, 2.75) is 198 Å². The van der Waals surface area contributed by atoms with E-state index >= 15 is 0 Å². The Hall–Kier alpha value is -3.04. The number of ether oxygens (including phenoxy) is 4. The molecule has 0 bridgehead atoms. The predicted octanol–water partition coefficient (Wildman–Crippen LogP) is 9.52. The Balaban J connectivity index is 0.000000735. The maximum Gasteiger partial charge on any atom is 1.00 e. The van der Waals surface area contributed by atoms with Gasteiger partial charge in [0, 0.05) is 46.6 Å². The Kier molecular flexibility index (Phi) is 37.0. The fraction of sp³-hybridized carbons (Fsp3) is 0.556. The molecule has 2 unspecified atom stereocenters. The number of carbonyl (C=O) groups excluding carboxylic acids is 4. The largest absolute Gasteiger partial charge is 1.00 e. The number of hydrogen-bond acceptors (Lipinski definition) is 23. The minimum Gasteiger partial charge on any atom is -0.744 e. The number of carbonyl (C=O) groups is 4. The number of benzene rings is 3. The van der Waals surface area contributed by atoms with Gasteiger partial charge >= 0.3 is 75.7 Å². The normalized spacial score (nSPS) is 13.8. The second-order valence-corrected chi connectivity index (χ2v) is 64.1. The van der Waals surface area contributed by atoms with Gasteiger partial charge in [0.05, 0.1) is 45.5 Å². The summed E-state index contributed by atoms with van der Waals surface area (Å²) in [5, 5.41) is 23.2. The van der Waals surface area contributed by atoms with Gasteiger partial charge in [-0.2, -0.15) is 0 Å². The van der Waals surface area contributed by atoms with E-state index in [1.807, 2.05) is 0 Å². The van der Waals surface area contributed by atoms with E-state index in [4.69, 9.17) is 49.4 Å². The number of fused-ring (bicyclic) bond motifs is 2. The summed E-state index contributed by atoms with van der Waals surface area (Å²) in [7, 11) is -25.5. The summed E-state index contributed by atoms with van der Waals surface area (Å²) in [6.07, 6.45) is 2.34. The average molecular weight is 1540 g/mol. The zero-order valence-electron chi connectivity index (χ0n) is 61.3. The van der Waals surface area contributed by atoms with E-state index in [2.05, 4.69) is 143 Å². The van der Waals surface area contributed by atoms with Crippen molar-refractivity contribution >= 4 is 128 Å². The molecule has 542 valence electrons. The third-order valence-corrected chi connectivity index (χ3v) is 44.6. The molecule has 4 rings (SSSR count). The van der Waals surface area contributed by atoms with Crippen LogP contribution in [-0.2, 0) is 73.2 Å². The van der Waals surface area contributed by atoms with E-state index in [0.717, 1.165) is 42.4 Å². The number of nitrogens with two attached hydrogens (primary N) is 1. The molecule has 0 amide bonds. The summed E-state index contributed by atoms with van der Waals surface area (Å²) in [6, 6.07) is 15.1. The number of ketones is 2. The van der Waals surface area contributed by atoms with Crippen LogP contribution in [0.2, 0.25) is 129 Å². The molecule has 97 heavy (non-hydrogen) atoms. The minimum absolute atomic E-state index is 0. The number of esters is 2. The van der Waals surface area contributed by atoms with Gasteiger partial charge in [0.1, 0.15) is 35.5 Å². The van der Waals surface area contributed by atoms with Crippen LogP contribution in [0.15, 0.2) is 101 Å². The molecule has 0 saturated heterocycles. The van der Waals surface area contributed by atoms with E-state index < -0.39 is 139 Å². The Morgan fingerprint density at radius 2 is 1.01 bits per heavy atom. The molecule has 0 aliphatic heterocycles. The van der Waals surface area contributed by atoms with Gasteiger partial charge in [-0.05, 0) is 180 Å². The van der Waals surface area contributed by atoms with Crippen molar-refractivity contribution in [1.82, 2.24) is 0 Å². The van der Waals surface area contributed by atoms with Gasteiger partial charge in [-0.3, -0.25) is 9.59 Å². The monoisotopic (exact) mass is 1540 g/mol. The van der Waals surface area contributed by atoms with E-state index in [1.165, 1.54) is 55.3 Å². The molecule has 3 aromatic rings. The van der Waals surface area contributed by atoms with Crippen LogP contribution in [-0.4, -0.2) is 174 Å². The summed E-state index contributed by atoms with van der Waals surface area (Å²) < 4.78 is 120. The number of sulfone groups is 1. The summed E-state index contributed by atoms with van der Waals surface area (Å²) in [5.74, 6) is -2.34. The molecule has 0 spiro atoms. The molecule has 3 aromatic carbocycles. The van der Waals surface area contributed by atoms with E-state index in [0.29, 0.717) is 24.4 Å². The molecule has 0 heterocycles. The number of rotatable bonds is 38. The van der Waals surface area contributed by atoms with Crippen molar-refractivity contribution in [3.8, 4) is 0 Å². The van der Waals surface area contributed by atoms with Crippen molar-refractivity contribution in [2.24, 2.45) is 0 Å². The van der Waals surface area contributed by atoms with E-state index in [-0.39, 0.29) is 88.9 Å². The van der Waals surface area contributed by atoms with Crippen LogP contribution in [0.5, 0.6) is 0 Å². The van der Waals surface area contributed by atoms with Crippen LogP contribution in [0.4, 0.5) is 17.1 Å². The molecular weight excluding hydrogens is 1430 g/mol. The molecule has 0 fully saturated rings. The number of unbranched alkanes of at least 4 members (excludes halogenated alkanes) is 1. The smallest absolute Gasteiger partial charge is 0.744 e.